The summed E-state index contributed by atoms with van der Waals surface area (Å²) in [4.78, 5) is 0. The van der Waals surface area contributed by atoms with Gasteiger partial charge in [-0.1, -0.05) is 41.8 Å². The van der Waals surface area contributed by atoms with E-state index in [-0.39, 0.29) is 0 Å². The van der Waals surface area contributed by atoms with Gasteiger partial charge in [0, 0.05) is 10.8 Å². The molecule has 86 valence electrons. The Morgan fingerprint density at radius 2 is 1.88 bits per heavy atom. The van der Waals surface area contributed by atoms with Crippen LogP contribution in [0, 0.1) is 12.3 Å². The molecule has 0 aliphatic rings. The standard InChI is InChI=1S/C13H12ClN3/c1-4-13(2,3)15-12-10-8-6-5-7-9(10)11(14)16-17-12/h1,5-8H,2-3H3,(H,15,17). The lowest BCUT2D eigenvalue weighted by molar-refractivity contribution is 0.733. The van der Waals surface area contributed by atoms with Crippen LogP contribution in [0.3, 0.4) is 0 Å². The second-order valence-electron chi connectivity index (χ2n) is 4.28. The Bertz CT molecular complexity index is 599. The van der Waals surface area contributed by atoms with E-state index in [9.17, 15) is 0 Å². The Kier molecular flexibility index (Phi) is 2.91. The molecule has 4 heteroatoms. The number of nitrogens with zero attached hydrogens (tertiary/aromatic N) is 2. The van der Waals surface area contributed by atoms with Crippen LogP contribution in [0.15, 0.2) is 24.3 Å². The fourth-order valence-electron chi connectivity index (χ4n) is 1.50. The Hall–Kier alpha value is -1.79. The molecule has 0 saturated carbocycles. The highest BCUT2D eigenvalue weighted by Crippen LogP contribution is 2.27. The molecule has 3 nitrogen and oxygen atoms in total. The van der Waals surface area contributed by atoms with E-state index in [1.807, 2.05) is 38.1 Å². The van der Waals surface area contributed by atoms with Crippen molar-refractivity contribution in [2.24, 2.45) is 0 Å². The van der Waals surface area contributed by atoms with Crippen molar-refractivity contribution in [2.45, 2.75) is 19.4 Å². The third-order valence-corrected chi connectivity index (χ3v) is 2.71. The molecule has 0 unspecified atom stereocenters. The van der Waals surface area contributed by atoms with Crippen LogP contribution in [0.2, 0.25) is 5.15 Å². The van der Waals surface area contributed by atoms with Crippen molar-refractivity contribution in [1.82, 2.24) is 10.2 Å². The van der Waals surface area contributed by atoms with Gasteiger partial charge in [0.25, 0.3) is 0 Å². The number of nitrogens with one attached hydrogen (secondary N) is 1. The first-order valence-electron chi connectivity index (χ1n) is 5.20. The molecular formula is C13H12ClN3. The molecule has 1 aromatic carbocycles. The summed E-state index contributed by atoms with van der Waals surface area (Å²) < 4.78 is 0. The van der Waals surface area contributed by atoms with Gasteiger partial charge < -0.3 is 5.32 Å². The summed E-state index contributed by atoms with van der Waals surface area (Å²) in [6.07, 6.45) is 5.44. The Morgan fingerprint density at radius 3 is 2.53 bits per heavy atom. The number of terminal acetylenes is 1. The van der Waals surface area contributed by atoms with Crippen molar-refractivity contribution in [3.05, 3.63) is 29.4 Å². The SMILES string of the molecule is C#CC(C)(C)Nc1nnc(Cl)c2ccccc12. The summed E-state index contributed by atoms with van der Waals surface area (Å²) >= 11 is 5.99. The van der Waals surface area contributed by atoms with Crippen LogP contribution in [-0.2, 0) is 0 Å². The average Bonchev–Trinajstić information content (AvgIpc) is 2.33. The van der Waals surface area contributed by atoms with Crippen LogP contribution in [0.5, 0.6) is 0 Å². The number of anilines is 1. The number of fused-ring (bicyclic) bond motifs is 1. The monoisotopic (exact) mass is 245 g/mol. The Morgan fingerprint density at radius 1 is 1.24 bits per heavy atom. The number of rotatable bonds is 2. The van der Waals surface area contributed by atoms with Crippen molar-refractivity contribution >= 4 is 28.2 Å². The fraction of sp³-hybridized carbons (Fsp3) is 0.231. The summed E-state index contributed by atoms with van der Waals surface area (Å²) in [5.41, 5.74) is -0.481. The summed E-state index contributed by atoms with van der Waals surface area (Å²) in [5.74, 6) is 3.30. The minimum absolute atomic E-state index is 0.393. The molecule has 0 bridgehead atoms. The minimum Gasteiger partial charge on any atom is -0.352 e. The van der Waals surface area contributed by atoms with Gasteiger partial charge in [0.1, 0.15) is 0 Å². The lowest BCUT2D eigenvalue weighted by atomic mass is 10.1. The Labute approximate surface area is 105 Å². The molecule has 0 fully saturated rings. The molecule has 2 aromatic rings. The zero-order valence-electron chi connectivity index (χ0n) is 9.66. The summed E-state index contributed by atoms with van der Waals surface area (Å²) in [6, 6.07) is 7.67. The lowest BCUT2D eigenvalue weighted by Gasteiger charge is -2.20. The van der Waals surface area contributed by atoms with Crippen molar-refractivity contribution in [1.29, 1.82) is 0 Å². The van der Waals surface area contributed by atoms with E-state index in [2.05, 4.69) is 21.4 Å². The lowest BCUT2D eigenvalue weighted by Crippen LogP contribution is -2.29. The van der Waals surface area contributed by atoms with Gasteiger partial charge >= 0.3 is 0 Å². The number of benzene rings is 1. The molecule has 1 heterocycles. The van der Waals surface area contributed by atoms with E-state index in [1.165, 1.54) is 0 Å². The van der Waals surface area contributed by atoms with Crippen molar-refractivity contribution in [2.75, 3.05) is 5.32 Å². The van der Waals surface area contributed by atoms with Crippen molar-refractivity contribution in [3.8, 4) is 12.3 Å². The second-order valence-corrected chi connectivity index (χ2v) is 4.64. The molecule has 0 aliphatic carbocycles. The molecule has 1 aromatic heterocycles. The number of hydrogen-bond acceptors (Lipinski definition) is 3. The van der Waals surface area contributed by atoms with Crippen molar-refractivity contribution < 1.29 is 0 Å². The smallest absolute Gasteiger partial charge is 0.159 e. The molecule has 17 heavy (non-hydrogen) atoms. The first-order valence-corrected chi connectivity index (χ1v) is 5.58. The van der Waals surface area contributed by atoms with Gasteiger partial charge in [-0.25, -0.2) is 0 Å². The number of halogens is 1. The van der Waals surface area contributed by atoms with E-state index in [0.717, 1.165) is 10.8 Å². The summed E-state index contributed by atoms with van der Waals surface area (Å²) in [7, 11) is 0. The zero-order valence-corrected chi connectivity index (χ0v) is 10.4. The van der Waals surface area contributed by atoms with Crippen LogP contribution in [-0.4, -0.2) is 15.7 Å². The molecular weight excluding hydrogens is 234 g/mol. The molecule has 0 saturated heterocycles. The average molecular weight is 246 g/mol. The van der Waals surface area contributed by atoms with E-state index < -0.39 is 5.54 Å². The first-order chi connectivity index (χ1) is 8.03. The zero-order chi connectivity index (χ0) is 12.5. The van der Waals surface area contributed by atoms with E-state index >= 15 is 0 Å². The maximum absolute atomic E-state index is 5.99. The van der Waals surface area contributed by atoms with Crippen molar-refractivity contribution in [3.63, 3.8) is 0 Å². The first kappa shape index (κ1) is 11.7. The van der Waals surface area contributed by atoms with Gasteiger partial charge in [0.15, 0.2) is 11.0 Å². The third-order valence-electron chi connectivity index (χ3n) is 2.43. The molecule has 0 aliphatic heterocycles. The highest BCUT2D eigenvalue weighted by atomic mass is 35.5. The normalized spacial score (nSPS) is 11.2. The number of aromatic nitrogens is 2. The van der Waals surface area contributed by atoms with E-state index in [0.29, 0.717) is 11.0 Å². The fourth-order valence-corrected chi connectivity index (χ4v) is 1.70. The van der Waals surface area contributed by atoms with Crippen LogP contribution in [0.4, 0.5) is 5.82 Å². The molecule has 1 N–H and O–H groups in total. The largest absolute Gasteiger partial charge is 0.352 e. The van der Waals surface area contributed by atoms with Gasteiger partial charge in [0.2, 0.25) is 0 Å². The summed E-state index contributed by atoms with van der Waals surface area (Å²) in [5, 5.41) is 13.3. The molecule has 0 radical (unpaired) electrons. The Balaban J connectivity index is 2.57. The molecule has 2 rings (SSSR count). The maximum atomic E-state index is 5.99. The predicted molar refractivity (Wildman–Crippen MR) is 71.1 cm³/mol. The van der Waals surface area contributed by atoms with E-state index in [4.69, 9.17) is 18.0 Å². The van der Waals surface area contributed by atoms with Crippen LogP contribution in [0.25, 0.3) is 10.8 Å². The van der Waals surface area contributed by atoms with Crippen LogP contribution < -0.4 is 5.32 Å². The minimum atomic E-state index is -0.481. The molecule has 0 amide bonds. The highest BCUT2D eigenvalue weighted by Gasteiger charge is 2.16. The van der Waals surface area contributed by atoms with Gasteiger partial charge in [-0.3, -0.25) is 0 Å². The topological polar surface area (TPSA) is 37.8 Å². The van der Waals surface area contributed by atoms with Gasteiger partial charge in [-0.2, -0.15) is 0 Å². The van der Waals surface area contributed by atoms with Gasteiger partial charge in [-0.15, -0.1) is 16.6 Å². The predicted octanol–water partition coefficient (Wildman–Crippen LogP) is 3.11. The molecule has 0 atom stereocenters. The van der Waals surface area contributed by atoms with Gasteiger partial charge in [-0.05, 0) is 13.8 Å². The van der Waals surface area contributed by atoms with E-state index in [1.54, 1.807) is 0 Å². The van der Waals surface area contributed by atoms with Crippen LogP contribution in [0.1, 0.15) is 13.8 Å². The van der Waals surface area contributed by atoms with Crippen LogP contribution >= 0.6 is 11.6 Å². The second kappa shape index (κ2) is 4.23. The van der Waals surface area contributed by atoms with Gasteiger partial charge in [0.05, 0.1) is 5.54 Å². The quantitative estimate of drug-likeness (QED) is 0.827. The maximum Gasteiger partial charge on any atom is 0.159 e. The summed E-state index contributed by atoms with van der Waals surface area (Å²) in [6.45, 7) is 3.80. The highest BCUT2D eigenvalue weighted by molar-refractivity contribution is 6.34. The molecule has 0 spiro atoms. The number of hydrogen-bond donors (Lipinski definition) is 1. The third kappa shape index (κ3) is 2.32.